The summed E-state index contributed by atoms with van der Waals surface area (Å²) >= 11 is 1.70. The van der Waals surface area contributed by atoms with Gasteiger partial charge in [0.1, 0.15) is 11.6 Å². The largest absolute Gasteiger partial charge is 0.494 e. The van der Waals surface area contributed by atoms with Gasteiger partial charge in [0.2, 0.25) is 0 Å². The average Bonchev–Trinajstić information content (AvgIpc) is 3.21. The Kier molecular flexibility index (Phi) is 8.30. The lowest BCUT2D eigenvalue weighted by Crippen LogP contribution is -1.97. The van der Waals surface area contributed by atoms with Crippen LogP contribution in [-0.2, 0) is 6.42 Å². The number of hydrogen-bond donors (Lipinski definition) is 0. The first kappa shape index (κ1) is 21.6. The molecule has 3 rings (SSSR count). The van der Waals surface area contributed by atoms with Gasteiger partial charge in [0, 0.05) is 15.3 Å². The van der Waals surface area contributed by atoms with Crippen molar-refractivity contribution in [1.82, 2.24) is 0 Å². The number of hydrogen-bond acceptors (Lipinski definition) is 2. The number of aryl methyl sites for hydroxylation is 1. The Morgan fingerprint density at radius 1 is 0.793 bits per heavy atom. The van der Waals surface area contributed by atoms with Crippen molar-refractivity contribution in [3.05, 3.63) is 65.3 Å². The van der Waals surface area contributed by atoms with Gasteiger partial charge in [-0.05, 0) is 66.8 Å². The third kappa shape index (κ3) is 6.17. The van der Waals surface area contributed by atoms with Crippen molar-refractivity contribution in [2.45, 2.75) is 58.8 Å². The van der Waals surface area contributed by atoms with Gasteiger partial charge in [-0.2, -0.15) is 0 Å². The van der Waals surface area contributed by atoms with Crippen LogP contribution in [0.5, 0.6) is 5.75 Å². The molecule has 0 saturated carbocycles. The standard InChI is InChI=1S/C26H31FOS/c1-3-5-7-8-18-28-22-13-10-20(11-14-22)21-12-16-24(25(27)19-21)26-17-15-23(29-26)9-6-4-2/h10-17,19H,3-9,18H2,1-2H3. The van der Waals surface area contributed by atoms with Gasteiger partial charge in [-0.25, -0.2) is 4.39 Å². The fourth-order valence-electron chi connectivity index (χ4n) is 3.37. The van der Waals surface area contributed by atoms with Crippen LogP contribution in [0.15, 0.2) is 54.6 Å². The zero-order valence-electron chi connectivity index (χ0n) is 17.5. The van der Waals surface area contributed by atoms with Crippen molar-refractivity contribution in [3.8, 4) is 27.3 Å². The van der Waals surface area contributed by atoms with Gasteiger partial charge in [-0.3, -0.25) is 0 Å². The summed E-state index contributed by atoms with van der Waals surface area (Å²) in [6, 6.07) is 17.7. The molecule has 1 nitrogen and oxygen atoms in total. The number of halogens is 1. The summed E-state index contributed by atoms with van der Waals surface area (Å²) in [4.78, 5) is 2.34. The van der Waals surface area contributed by atoms with Gasteiger partial charge in [-0.1, -0.05) is 57.7 Å². The Morgan fingerprint density at radius 2 is 1.55 bits per heavy atom. The summed E-state index contributed by atoms with van der Waals surface area (Å²) in [5.74, 6) is 0.711. The summed E-state index contributed by atoms with van der Waals surface area (Å²) in [5, 5.41) is 0. The number of thiophene rings is 1. The number of ether oxygens (including phenoxy) is 1. The fraction of sp³-hybridized carbons (Fsp3) is 0.385. The molecule has 0 N–H and O–H groups in total. The second-order valence-electron chi connectivity index (χ2n) is 7.50. The Bertz CT molecular complexity index is 882. The van der Waals surface area contributed by atoms with E-state index >= 15 is 0 Å². The zero-order valence-corrected chi connectivity index (χ0v) is 18.4. The van der Waals surface area contributed by atoms with Gasteiger partial charge in [0.25, 0.3) is 0 Å². The van der Waals surface area contributed by atoms with Gasteiger partial charge in [0.05, 0.1) is 6.61 Å². The summed E-state index contributed by atoms with van der Waals surface area (Å²) in [7, 11) is 0. The van der Waals surface area contributed by atoms with E-state index in [1.165, 1.54) is 37.0 Å². The normalized spacial score (nSPS) is 11.0. The third-order valence-corrected chi connectivity index (χ3v) is 6.31. The lowest BCUT2D eigenvalue weighted by molar-refractivity contribution is 0.305. The molecule has 0 fully saturated rings. The lowest BCUT2D eigenvalue weighted by atomic mass is 10.0. The highest BCUT2D eigenvalue weighted by molar-refractivity contribution is 7.15. The second kappa shape index (κ2) is 11.2. The highest BCUT2D eigenvalue weighted by Gasteiger charge is 2.10. The van der Waals surface area contributed by atoms with Crippen LogP contribution in [-0.4, -0.2) is 6.61 Å². The molecule has 3 aromatic rings. The molecule has 0 bridgehead atoms. The summed E-state index contributed by atoms with van der Waals surface area (Å²) < 4.78 is 20.6. The smallest absolute Gasteiger partial charge is 0.132 e. The molecule has 0 saturated heterocycles. The molecule has 1 heterocycles. The van der Waals surface area contributed by atoms with Gasteiger partial charge in [-0.15, -0.1) is 11.3 Å². The lowest BCUT2D eigenvalue weighted by Gasteiger charge is -2.08. The highest BCUT2D eigenvalue weighted by atomic mass is 32.1. The van der Waals surface area contributed by atoms with E-state index in [9.17, 15) is 4.39 Å². The van der Waals surface area contributed by atoms with E-state index in [0.29, 0.717) is 5.56 Å². The van der Waals surface area contributed by atoms with Crippen LogP contribution in [0.3, 0.4) is 0 Å². The van der Waals surface area contributed by atoms with Crippen molar-refractivity contribution in [2.75, 3.05) is 6.61 Å². The monoisotopic (exact) mass is 410 g/mol. The fourth-order valence-corrected chi connectivity index (χ4v) is 4.44. The van der Waals surface area contributed by atoms with E-state index in [0.717, 1.165) is 41.2 Å². The second-order valence-corrected chi connectivity index (χ2v) is 8.67. The molecule has 154 valence electrons. The van der Waals surface area contributed by atoms with Gasteiger partial charge < -0.3 is 4.74 Å². The van der Waals surface area contributed by atoms with Crippen LogP contribution in [0.1, 0.15) is 57.2 Å². The summed E-state index contributed by atoms with van der Waals surface area (Å²) in [5.41, 5.74) is 2.58. The van der Waals surface area contributed by atoms with E-state index < -0.39 is 0 Å². The molecule has 0 unspecified atom stereocenters. The molecule has 0 aliphatic carbocycles. The number of unbranched alkanes of at least 4 members (excludes halogenated alkanes) is 4. The Labute approximate surface area is 178 Å². The molecule has 0 spiro atoms. The SMILES string of the molecule is CCCCCCOc1ccc(-c2ccc(-c3ccc(CCCC)s3)c(F)c2)cc1. The number of benzene rings is 2. The first-order chi connectivity index (χ1) is 14.2. The van der Waals surface area contributed by atoms with Gasteiger partial charge >= 0.3 is 0 Å². The van der Waals surface area contributed by atoms with E-state index in [1.54, 1.807) is 17.4 Å². The molecule has 0 radical (unpaired) electrons. The Morgan fingerprint density at radius 3 is 2.28 bits per heavy atom. The molecule has 2 aromatic carbocycles. The first-order valence-electron chi connectivity index (χ1n) is 10.8. The van der Waals surface area contributed by atoms with E-state index in [1.807, 2.05) is 42.5 Å². The minimum atomic E-state index is -0.164. The maximum absolute atomic E-state index is 14.8. The molecule has 0 atom stereocenters. The summed E-state index contributed by atoms with van der Waals surface area (Å²) in [6.07, 6.45) is 8.23. The average molecular weight is 411 g/mol. The van der Waals surface area contributed by atoms with E-state index in [2.05, 4.69) is 19.9 Å². The molecule has 0 aliphatic rings. The zero-order chi connectivity index (χ0) is 20.5. The van der Waals surface area contributed by atoms with Gasteiger partial charge in [0.15, 0.2) is 0 Å². The van der Waals surface area contributed by atoms with Crippen LogP contribution in [0.2, 0.25) is 0 Å². The predicted octanol–water partition coefficient (Wildman–Crippen LogP) is 8.52. The molecule has 29 heavy (non-hydrogen) atoms. The van der Waals surface area contributed by atoms with Crippen molar-refractivity contribution in [1.29, 1.82) is 0 Å². The molecular weight excluding hydrogens is 379 g/mol. The van der Waals surface area contributed by atoms with Crippen molar-refractivity contribution < 1.29 is 9.13 Å². The minimum Gasteiger partial charge on any atom is -0.494 e. The molecule has 1 aromatic heterocycles. The van der Waals surface area contributed by atoms with Crippen LogP contribution < -0.4 is 4.74 Å². The molecular formula is C26H31FOS. The van der Waals surface area contributed by atoms with E-state index in [-0.39, 0.29) is 5.82 Å². The predicted molar refractivity (Wildman–Crippen MR) is 123 cm³/mol. The maximum Gasteiger partial charge on any atom is 0.132 e. The molecule has 3 heteroatoms. The minimum absolute atomic E-state index is 0.164. The van der Waals surface area contributed by atoms with Crippen molar-refractivity contribution >= 4 is 11.3 Å². The quantitative estimate of drug-likeness (QED) is 0.288. The topological polar surface area (TPSA) is 9.23 Å². The summed E-state index contributed by atoms with van der Waals surface area (Å²) in [6.45, 7) is 5.16. The number of rotatable bonds is 11. The van der Waals surface area contributed by atoms with Crippen molar-refractivity contribution in [3.63, 3.8) is 0 Å². The maximum atomic E-state index is 14.8. The van der Waals surface area contributed by atoms with Crippen LogP contribution in [0.4, 0.5) is 4.39 Å². The third-order valence-electron chi connectivity index (χ3n) is 5.13. The van der Waals surface area contributed by atoms with Crippen LogP contribution in [0, 0.1) is 5.82 Å². The van der Waals surface area contributed by atoms with Crippen molar-refractivity contribution in [2.24, 2.45) is 0 Å². The van der Waals surface area contributed by atoms with Crippen LogP contribution >= 0.6 is 11.3 Å². The van der Waals surface area contributed by atoms with Crippen LogP contribution in [0.25, 0.3) is 21.6 Å². The molecule has 0 amide bonds. The first-order valence-corrected chi connectivity index (χ1v) is 11.6. The Hall–Kier alpha value is -2.13. The Balaban J connectivity index is 1.64. The van der Waals surface area contributed by atoms with E-state index in [4.69, 9.17) is 4.74 Å². The highest BCUT2D eigenvalue weighted by Crippen LogP contribution is 2.33. The molecule has 0 aliphatic heterocycles.